The summed E-state index contributed by atoms with van der Waals surface area (Å²) in [5.41, 5.74) is 3.83. The molecule has 3 heteroatoms. The quantitative estimate of drug-likeness (QED) is 0.643. The molecule has 0 spiro atoms. The van der Waals surface area contributed by atoms with Crippen LogP contribution in [0, 0.1) is 0 Å². The van der Waals surface area contributed by atoms with Gasteiger partial charge in [-0.3, -0.25) is 0 Å². The Kier molecular flexibility index (Phi) is 2.50. The molecule has 2 aromatic heterocycles. The first-order valence-corrected chi connectivity index (χ1v) is 7.05. The highest BCUT2D eigenvalue weighted by molar-refractivity contribution is 7.22. The minimum Gasteiger partial charge on any atom is -0.236 e. The van der Waals surface area contributed by atoms with Crippen molar-refractivity contribution in [2.24, 2.45) is 0 Å². The van der Waals surface area contributed by atoms with E-state index in [4.69, 9.17) is 0 Å². The van der Waals surface area contributed by atoms with E-state index in [-0.39, 0.29) is 0 Å². The lowest BCUT2D eigenvalue weighted by Crippen LogP contribution is -1.79. The van der Waals surface area contributed by atoms with Gasteiger partial charge in [-0.25, -0.2) is 4.98 Å². The van der Waals surface area contributed by atoms with E-state index in [1.54, 1.807) is 22.7 Å². The molecule has 1 nitrogen and oxygen atoms in total. The van der Waals surface area contributed by atoms with Gasteiger partial charge in [0.2, 0.25) is 0 Å². The Balaban J connectivity index is 2.19. The monoisotopic (exact) mass is 245 g/mol. The van der Waals surface area contributed by atoms with Gasteiger partial charge in [0, 0.05) is 10.9 Å². The molecule has 0 aliphatic heterocycles. The highest BCUT2D eigenvalue weighted by Crippen LogP contribution is 2.34. The van der Waals surface area contributed by atoms with Crippen molar-refractivity contribution in [3.05, 3.63) is 40.6 Å². The Bertz CT molecular complexity index is 588. The number of aromatic nitrogens is 1. The minimum atomic E-state index is 1.08. The van der Waals surface area contributed by atoms with Crippen molar-refractivity contribution in [2.45, 2.75) is 13.3 Å². The smallest absolute Gasteiger partial charge is 0.125 e. The van der Waals surface area contributed by atoms with Crippen LogP contribution < -0.4 is 0 Å². The Labute approximate surface area is 102 Å². The van der Waals surface area contributed by atoms with Crippen LogP contribution in [0.4, 0.5) is 0 Å². The molecule has 1 aromatic carbocycles. The third-order valence-corrected chi connectivity index (χ3v) is 4.51. The van der Waals surface area contributed by atoms with Crippen LogP contribution in [0.25, 0.3) is 20.8 Å². The first-order valence-electron chi connectivity index (χ1n) is 5.29. The number of aryl methyl sites for hydroxylation is 1. The van der Waals surface area contributed by atoms with E-state index >= 15 is 0 Å². The number of nitrogens with zero attached hydrogens (tertiary/aromatic N) is 1. The molecule has 0 bridgehead atoms. The summed E-state index contributed by atoms with van der Waals surface area (Å²) in [4.78, 5) is 4.69. The molecule has 0 saturated carbocycles. The number of benzene rings is 1. The molecule has 3 rings (SSSR count). The SMILES string of the molecule is CCc1cscc1-c1nc2ccccc2s1. The van der Waals surface area contributed by atoms with Crippen molar-refractivity contribution < 1.29 is 0 Å². The van der Waals surface area contributed by atoms with Gasteiger partial charge in [-0.1, -0.05) is 19.1 Å². The van der Waals surface area contributed by atoms with Gasteiger partial charge in [0.15, 0.2) is 0 Å². The predicted molar refractivity (Wildman–Crippen MR) is 72.3 cm³/mol. The summed E-state index contributed by atoms with van der Waals surface area (Å²) in [6.07, 6.45) is 1.08. The highest BCUT2D eigenvalue weighted by Gasteiger charge is 2.09. The normalized spacial score (nSPS) is 11.1. The van der Waals surface area contributed by atoms with Gasteiger partial charge < -0.3 is 0 Å². The Morgan fingerprint density at radius 1 is 1.19 bits per heavy atom. The molecule has 0 aliphatic carbocycles. The van der Waals surface area contributed by atoms with Gasteiger partial charge in [-0.05, 0) is 29.5 Å². The van der Waals surface area contributed by atoms with E-state index in [9.17, 15) is 0 Å². The zero-order valence-corrected chi connectivity index (χ0v) is 10.6. The van der Waals surface area contributed by atoms with Crippen LogP contribution in [0.5, 0.6) is 0 Å². The number of hydrogen-bond donors (Lipinski definition) is 0. The molecule has 0 N–H and O–H groups in total. The Hall–Kier alpha value is -1.19. The summed E-state index contributed by atoms with van der Waals surface area (Å²) in [5.74, 6) is 0. The fourth-order valence-corrected chi connectivity index (χ4v) is 3.79. The van der Waals surface area contributed by atoms with Gasteiger partial charge in [0.1, 0.15) is 5.01 Å². The third kappa shape index (κ3) is 1.56. The van der Waals surface area contributed by atoms with Crippen LogP contribution >= 0.6 is 22.7 Å². The number of thiophene rings is 1. The molecule has 0 saturated heterocycles. The van der Waals surface area contributed by atoms with E-state index in [0.29, 0.717) is 0 Å². The maximum Gasteiger partial charge on any atom is 0.125 e. The summed E-state index contributed by atoms with van der Waals surface area (Å²) in [6.45, 7) is 2.19. The molecule has 0 unspecified atom stereocenters. The van der Waals surface area contributed by atoms with E-state index in [0.717, 1.165) is 16.9 Å². The van der Waals surface area contributed by atoms with Crippen LogP contribution in [0.3, 0.4) is 0 Å². The van der Waals surface area contributed by atoms with E-state index in [1.165, 1.54) is 15.8 Å². The molecule has 0 amide bonds. The largest absolute Gasteiger partial charge is 0.236 e. The number of thiazole rings is 1. The fourth-order valence-electron chi connectivity index (χ4n) is 1.77. The number of fused-ring (bicyclic) bond motifs is 1. The summed E-state index contributed by atoms with van der Waals surface area (Å²) < 4.78 is 1.27. The molecule has 80 valence electrons. The molecule has 16 heavy (non-hydrogen) atoms. The lowest BCUT2D eigenvalue weighted by Gasteiger charge is -1.95. The van der Waals surface area contributed by atoms with Crippen LogP contribution in [0.1, 0.15) is 12.5 Å². The first kappa shape index (κ1) is 10.00. The van der Waals surface area contributed by atoms with E-state index in [1.807, 2.05) is 6.07 Å². The van der Waals surface area contributed by atoms with Crippen molar-refractivity contribution in [1.29, 1.82) is 0 Å². The zero-order chi connectivity index (χ0) is 11.0. The summed E-state index contributed by atoms with van der Waals surface area (Å²) in [5, 5.41) is 5.58. The third-order valence-electron chi connectivity index (χ3n) is 2.65. The standard InChI is InChI=1S/C13H11NS2/c1-2-9-7-15-8-10(9)13-14-11-5-3-4-6-12(11)16-13/h3-8H,2H2,1H3. The van der Waals surface area contributed by atoms with Crippen molar-refractivity contribution in [2.75, 3.05) is 0 Å². The van der Waals surface area contributed by atoms with E-state index in [2.05, 4.69) is 40.9 Å². The summed E-state index contributed by atoms with van der Waals surface area (Å²) in [7, 11) is 0. The number of hydrogen-bond acceptors (Lipinski definition) is 3. The average Bonchev–Trinajstić information content (AvgIpc) is 2.94. The minimum absolute atomic E-state index is 1.08. The molecule has 2 heterocycles. The van der Waals surface area contributed by atoms with Crippen molar-refractivity contribution in [3.8, 4) is 10.6 Å². The van der Waals surface area contributed by atoms with Gasteiger partial charge in [0.05, 0.1) is 10.2 Å². The van der Waals surface area contributed by atoms with Gasteiger partial charge >= 0.3 is 0 Å². The fraction of sp³-hybridized carbons (Fsp3) is 0.154. The zero-order valence-electron chi connectivity index (χ0n) is 8.93. The lowest BCUT2D eigenvalue weighted by molar-refractivity contribution is 1.16. The Morgan fingerprint density at radius 2 is 2.06 bits per heavy atom. The van der Waals surface area contributed by atoms with Crippen LogP contribution in [-0.4, -0.2) is 4.98 Å². The van der Waals surface area contributed by atoms with Crippen molar-refractivity contribution in [1.82, 2.24) is 4.98 Å². The molecule has 0 atom stereocenters. The molecular weight excluding hydrogens is 234 g/mol. The predicted octanol–water partition coefficient (Wildman–Crippen LogP) is 4.59. The van der Waals surface area contributed by atoms with Crippen LogP contribution in [-0.2, 0) is 6.42 Å². The topological polar surface area (TPSA) is 12.9 Å². The van der Waals surface area contributed by atoms with Gasteiger partial charge in [-0.2, -0.15) is 11.3 Å². The Morgan fingerprint density at radius 3 is 2.88 bits per heavy atom. The van der Waals surface area contributed by atoms with Crippen molar-refractivity contribution >= 4 is 32.9 Å². The second-order valence-electron chi connectivity index (χ2n) is 3.65. The van der Waals surface area contributed by atoms with Crippen molar-refractivity contribution in [3.63, 3.8) is 0 Å². The number of rotatable bonds is 2. The maximum absolute atomic E-state index is 4.69. The van der Waals surface area contributed by atoms with Gasteiger partial charge in [0.25, 0.3) is 0 Å². The second kappa shape index (κ2) is 4.00. The number of para-hydroxylation sites is 1. The average molecular weight is 245 g/mol. The van der Waals surface area contributed by atoms with Gasteiger partial charge in [-0.15, -0.1) is 11.3 Å². The second-order valence-corrected chi connectivity index (χ2v) is 5.43. The molecule has 0 radical (unpaired) electrons. The molecule has 0 fully saturated rings. The maximum atomic E-state index is 4.69. The summed E-state index contributed by atoms with van der Waals surface area (Å²) in [6, 6.07) is 8.32. The molecule has 0 aliphatic rings. The van der Waals surface area contributed by atoms with Crippen LogP contribution in [0.2, 0.25) is 0 Å². The molecule has 3 aromatic rings. The lowest BCUT2D eigenvalue weighted by atomic mass is 10.1. The molecular formula is C13H11NS2. The van der Waals surface area contributed by atoms with Crippen LogP contribution in [0.15, 0.2) is 35.0 Å². The highest BCUT2D eigenvalue weighted by atomic mass is 32.1. The summed E-state index contributed by atoms with van der Waals surface area (Å²) >= 11 is 3.54. The van der Waals surface area contributed by atoms with E-state index < -0.39 is 0 Å². The first-order chi connectivity index (χ1) is 7.88.